The number of hydrogen-bond donors (Lipinski definition) is 1. The number of rotatable bonds is 5. The molecule has 1 aromatic heterocycles. The van der Waals surface area contributed by atoms with E-state index in [9.17, 15) is 23.1 Å². The van der Waals surface area contributed by atoms with Crippen LogP contribution in [0.15, 0.2) is 46.6 Å². The molecular weight excluding hydrogens is 603 g/mol. The van der Waals surface area contributed by atoms with Crippen LogP contribution in [0.2, 0.25) is 5.02 Å². The summed E-state index contributed by atoms with van der Waals surface area (Å²) in [6, 6.07) is 8.83. The number of aromatic hydroxyl groups is 1. The minimum atomic E-state index is -4.63. The zero-order chi connectivity index (χ0) is 31.1. The highest BCUT2D eigenvalue weighted by atomic mass is 35.5. The molecule has 1 fully saturated rings. The molecule has 1 amide bonds. The average molecular weight is 634 g/mol. The van der Waals surface area contributed by atoms with Gasteiger partial charge in [0.05, 0.1) is 28.1 Å². The van der Waals surface area contributed by atoms with Crippen LogP contribution in [0.4, 0.5) is 23.1 Å². The molecule has 2 aliphatic heterocycles. The molecule has 3 heterocycles. The number of amides is 1. The maximum absolute atomic E-state index is 14.0. The lowest BCUT2D eigenvalue weighted by Gasteiger charge is -2.41. The molecule has 8 nitrogen and oxygen atoms in total. The number of piperazine rings is 1. The van der Waals surface area contributed by atoms with Crippen LogP contribution < -0.4 is 15.5 Å². The van der Waals surface area contributed by atoms with Crippen molar-refractivity contribution in [2.45, 2.75) is 58.4 Å². The lowest BCUT2D eigenvalue weighted by molar-refractivity contribution is -0.138. The minimum absolute atomic E-state index is 0.0112. The SMILES string of the molecule is CCC1CN(c2nc(O)c(C(Cc3ccc(Cl)cc3C(F)(F)F)=c3ccc4c(c3)C=NN=4)s2)CCN1C(=O)OC(C)(C)C. The smallest absolute Gasteiger partial charge is 0.416 e. The highest BCUT2D eigenvalue weighted by Crippen LogP contribution is 2.40. The first-order chi connectivity index (χ1) is 20.2. The van der Waals surface area contributed by atoms with E-state index in [1.54, 1.807) is 29.3 Å². The summed E-state index contributed by atoms with van der Waals surface area (Å²) in [6.07, 6.45) is -2.90. The van der Waals surface area contributed by atoms with Gasteiger partial charge in [0, 0.05) is 36.6 Å². The molecule has 0 bridgehead atoms. The molecule has 5 rings (SSSR count). The first-order valence-electron chi connectivity index (χ1n) is 13.8. The Kier molecular flexibility index (Phi) is 8.45. The molecule has 228 valence electrons. The van der Waals surface area contributed by atoms with E-state index >= 15 is 0 Å². The summed E-state index contributed by atoms with van der Waals surface area (Å²) in [5.74, 6) is -0.279. The average Bonchev–Trinajstić information content (AvgIpc) is 3.56. The number of hydrogen-bond acceptors (Lipinski definition) is 8. The molecule has 13 heteroatoms. The lowest BCUT2D eigenvalue weighted by Crippen LogP contribution is -2.56. The zero-order valence-corrected chi connectivity index (χ0v) is 25.6. The van der Waals surface area contributed by atoms with E-state index in [2.05, 4.69) is 15.2 Å². The summed E-state index contributed by atoms with van der Waals surface area (Å²) in [7, 11) is 0. The number of carbonyl (C=O) groups excluding carboxylic acids is 1. The van der Waals surface area contributed by atoms with Crippen LogP contribution in [-0.4, -0.2) is 58.6 Å². The van der Waals surface area contributed by atoms with Gasteiger partial charge in [-0.15, -0.1) is 0 Å². The largest absolute Gasteiger partial charge is 0.492 e. The van der Waals surface area contributed by atoms with Crippen molar-refractivity contribution in [3.8, 4) is 5.88 Å². The number of carbonyl (C=O) groups is 1. The van der Waals surface area contributed by atoms with Crippen LogP contribution in [0.3, 0.4) is 0 Å². The Hall–Kier alpha value is -3.64. The third-order valence-electron chi connectivity index (χ3n) is 7.21. The number of benzene rings is 2. The van der Waals surface area contributed by atoms with Crippen molar-refractivity contribution in [3.05, 3.63) is 73.6 Å². The first-order valence-corrected chi connectivity index (χ1v) is 15.0. The molecule has 43 heavy (non-hydrogen) atoms. The van der Waals surface area contributed by atoms with Crippen molar-refractivity contribution < 1.29 is 27.8 Å². The number of fused-ring (bicyclic) bond motifs is 1. The predicted octanol–water partition coefficient (Wildman–Crippen LogP) is 5.77. The van der Waals surface area contributed by atoms with Gasteiger partial charge in [-0.05, 0) is 67.8 Å². The van der Waals surface area contributed by atoms with Crippen LogP contribution in [0.5, 0.6) is 5.88 Å². The number of alkyl halides is 3. The van der Waals surface area contributed by atoms with Gasteiger partial charge < -0.3 is 19.6 Å². The van der Waals surface area contributed by atoms with Crippen molar-refractivity contribution in [1.82, 2.24) is 9.88 Å². The molecule has 1 unspecified atom stereocenters. The molecule has 1 N–H and O–H groups in total. The van der Waals surface area contributed by atoms with E-state index in [0.29, 0.717) is 52.2 Å². The van der Waals surface area contributed by atoms with Gasteiger partial charge in [-0.3, -0.25) is 0 Å². The maximum Gasteiger partial charge on any atom is 0.416 e. The summed E-state index contributed by atoms with van der Waals surface area (Å²) in [5, 5.41) is 20.8. The fourth-order valence-electron chi connectivity index (χ4n) is 5.13. The molecule has 0 aliphatic carbocycles. The monoisotopic (exact) mass is 633 g/mol. The van der Waals surface area contributed by atoms with Crippen LogP contribution in [-0.2, 0) is 17.3 Å². The molecule has 0 radical (unpaired) electrons. The van der Waals surface area contributed by atoms with Crippen LogP contribution >= 0.6 is 22.9 Å². The summed E-state index contributed by atoms with van der Waals surface area (Å²) in [5.41, 5.74) is -0.268. The summed E-state index contributed by atoms with van der Waals surface area (Å²) >= 11 is 7.14. The Labute approximate surface area is 255 Å². The van der Waals surface area contributed by atoms with Crippen LogP contribution in [0.1, 0.15) is 55.7 Å². The van der Waals surface area contributed by atoms with Crippen molar-refractivity contribution in [2.24, 2.45) is 10.2 Å². The number of aromatic nitrogens is 1. The Morgan fingerprint density at radius 1 is 1.16 bits per heavy atom. The van der Waals surface area contributed by atoms with Gasteiger partial charge in [0.1, 0.15) is 5.60 Å². The quantitative estimate of drug-likeness (QED) is 0.386. The van der Waals surface area contributed by atoms with E-state index < -0.39 is 17.3 Å². The Bertz CT molecular complexity index is 1700. The topological polar surface area (TPSA) is 90.6 Å². The molecule has 1 saturated heterocycles. The van der Waals surface area contributed by atoms with Gasteiger partial charge in [0.25, 0.3) is 0 Å². The van der Waals surface area contributed by atoms with Gasteiger partial charge in [0.2, 0.25) is 5.88 Å². The van der Waals surface area contributed by atoms with Gasteiger partial charge in [-0.25, -0.2) is 4.79 Å². The zero-order valence-electron chi connectivity index (χ0n) is 24.1. The van der Waals surface area contributed by atoms with Crippen LogP contribution in [0, 0.1) is 0 Å². The van der Waals surface area contributed by atoms with E-state index in [4.69, 9.17) is 16.3 Å². The van der Waals surface area contributed by atoms with Crippen molar-refractivity contribution in [2.75, 3.05) is 24.5 Å². The van der Waals surface area contributed by atoms with E-state index in [-0.39, 0.29) is 35.0 Å². The fraction of sp³-hybridized carbons (Fsp3) is 0.400. The summed E-state index contributed by atoms with van der Waals surface area (Å²) in [4.78, 5) is 21.3. The number of thiazole rings is 1. The van der Waals surface area contributed by atoms with Gasteiger partial charge in [-0.2, -0.15) is 28.4 Å². The first kappa shape index (κ1) is 30.8. The van der Waals surface area contributed by atoms with E-state index in [1.807, 2.05) is 32.6 Å². The third-order valence-corrected chi connectivity index (χ3v) is 8.61. The molecule has 3 aromatic rings. The Morgan fingerprint density at radius 2 is 1.93 bits per heavy atom. The number of nitrogens with zero attached hydrogens (tertiary/aromatic N) is 5. The number of halogens is 4. The van der Waals surface area contributed by atoms with Crippen LogP contribution in [0.25, 0.3) is 5.57 Å². The molecule has 0 spiro atoms. The highest BCUT2D eigenvalue weighted by molar-refractivity contribution is 7.17. The van der Waals surface area contributed by atoms with Crippen molar-refractivity contribution >= 4 is 46.0 Å². The second kappa shape index (κ2) is 11.8. The standard InChI is InChI=1S/C30H31ClF3N5O3S/c1-5-21-16-38(10-11-39(21)28(41)42-29(2,3)4)27-36-26(40)25(43-27)22(17-7-9-24-19(12-17)15-35-37-24)13-18-6-8-20(31)14-23(18)30(32,33)34/h6-9,12,14-15,21,40H,5,10-11,13,16H2,1-4H3. The molecular formula is C30H31ClF3N5O3S. The van der Waals surface area contributed by atoms with Gasteiger partial charge in [-0.1, -0.05) is 42.0 Å². The molecule has 1 atom stereocenters. The second-order valence-electron chi connectivity index (χ2n) is 11.4. The van der Waals surface area contributed by atoms with E-state index in [0.717, 1.165) is 11.6 Å². The highest BCUT2D eigenvalue weighted by Gasteiger charge is 2.36. The summed E-state index contributed by atoms with van der Waals surface area (Å²) in [6.45, 7) is 8.75. The number of ether oxygens (including phenoxy) is 1. The Morgan fingerprint density at radius 3 is 2.63 bits per heavy atom. The molecule has 2 aromatic carbocycles. The van der Waals surface area contributed by atoms with Gasteiger partial charge >= 0.3 is 12.3 Å². The molecule has 2 aliphatic rings. The van der Waals surface area contributed by atoms with Crippen molar-refractivity contribution in [3.63, 3.8) is 0 Å². The normalized spacial score (nSPS) is 17.5. The van der Waals surface area contributed by atoms with Crippen molar-refractivity contribution in [1.29, 1.82) is 0 Å². The molecule has 0 saturated carbocycles. The lowest BCUT2D eigenvalue weighted by atomic mass is 9.96. The Balaban J connectivity index is 1.53. The summed E-state index contributed by atoms with van der Waals surface area (Å²) < 4.78 is 47.7. The maximum atomic E-state index is 14.0. The second-order valence-corrected chi connectivity index (χ2v) is 12.8. The van der Waals surface area contributed by atoms with E-state index in [1.165, 1.54) is 23.5 Å². The third kappa shape index (κ3) is 6.80. The minimum Gasteiger partial charge on any atom is -0.492 e. The van der Waals surface area contributed by atoms with Gasteiger partial charge in [0.15, 0.2) is 5.13 Å². The fourth-order valence-corrected chi connectivity index (χ4v) is 6.36. The predicted molar refractivity (Wildman–Crippen MR) is 160 cm³/mol. The number of anilines is 1.